The van der Waals surface area contributed by atoms with Crippen molar-refractivity contribution in [2.24, 2.45) is 0 Å². The monoisotopic (exact) mass is 363 g/mol. The van der Waals surface area contributed by atoms with Gasteiger partial charge in [-0.25, -0.2) is 4.79 Å². The first-order valence-corrected chi connectivity index (χ1v) is 8.81. The van der Waals surface area contributed by atoms with E-state index in [4.69, 9.17) is 9.47 Å². The van der Waals surface area contributed by atoms with E-state index in [0.717, 1.165) is 36.4 Å². The number of likely N-dealkylation sites (tertiary alicyclic amines) is 1. The van der Waals surface area contributed by atoms with E-state index in [0.29, 0.717) is 0 Å². The average molecular weight is 363 g/mol. The molecular weight excluding hydrogens is 334 g/mol. The molecule has 7 nitrogen and oxygen atoms in total. The van der Waals surface area contributed by atoms with Crippen molar-refractivity contribution in [3.63, 3.8) is 0 Å². The van der Waals surface area contributed by atoms with Gasteiger partial charge in [0.25, 0.3) is 0 Å². The third-order valence-corrected chi connectivity index (χ3v) is 4.25. The van der Waals surface area contributed by atoms with Crippen molar-refractivity contribution in [3.8, 4) is 11.5 Å². The first-order valence-electron chi connectivity index (χ1n) is 8.81. The van der Waals surface area contributed by atoms with E-state index in [1.54, 1.807) is 14.2 Å². The number of rotatable bonds is 5. The smallest absolute Gasteiger partial charge is 0.321 e. The van der Waals surface area contributed by atoms with Gasteiger partial charge in [-0.05, 0) is 46.2 Å². The van der Waals surface area contributed by atoms with E-state index < -0.39 is 11.6 Å². The number of carbonyl (C=O) groups excluding carboxylic acids is 2. The number of imide groups is 1. The molecule has 1 aromatic carbocycles. The summed E-state index contributed by atoms with van der Waals surface area (Å²) in [4.78, 5) is 26.2. The molecule has 0 aliphatic carbocycles. The molecule has 0 aromatic heterocycles. The summed E-state index contributed by atoms with van der Waals surface area (Å²) in [6.07, 6.45) is 1.92. The molecule has 2 N–H and O–H groups in total. The standard InChI is InChI=1S/C19H29N3O4/c1-19(2,3)21-18(24)20-17(23)12-22-10-6-7-15(22)14-9-8-13(25-4)11-16(14)26-5/h8-9,11,15H,6-7,10,12H2,1-5H3,(H2,20,21,23,24). The highest BCUT2D eigenvalue weighted by molar-refractivity contribution is 5.95. The summed E-state index contributed by atoms with van der Waals surface area (Å²) in [5, 5.41) is 5.13. The maximum Gasteiger partial charge on any atom is 0.321 e. The fourth-order valence-electron chi connectivity index (χ4n) is 3.18. The van der Waals surface area contributed by atoms with Crippen LogP contribution in [0.1, 0.15) is 45.2 Å². The Bertz CT molecular complexity index is 655. The first-order chi connectivity index (χ1) is 12.2. The Labute approximate surface area is 155 Å². The summed E-state index contributed by atoms with van der Waals surface area (Å²) in [7, 11) is 3.24. The lowest BCUT2D eigenvalue weighted by Crippen LogP contribution is -2.50. The molecule has 0 bridgehead atoms. The summed E-state index contributed by atoms with van der Waals surface area (Å²) >= 11 is 0. The number of methoxy groups -OCH3 is 2. The van der Waals surface area contributed by atoms with Gasteiger partial charge in [-0.15, -0.1) is 0 Å². The van der Waals surface area contributed by atoms with Gasteiger partial charge in [-0.2, -0.15) is 0 Å². The lowest BCUT2D eigenvalue weighted by molar-refractivity contribution is -0.121. The summed E-state index contributed by atoms with van der Waals surface area (Å²) < 4.78 is 10.7. The van der Waals surface area contributed by atoms with E-state index in [9.17, 15) is 9.59 Å². The van der Waals surface area contributed by atoms with Crippen molar-refractivity contribution in [2.45, 2.75) is 45.2 Å². The fourth-order valence-corrected chi connectivity index (χ4v) is 3.18. The van der Waals surface area contributed by atoms with E-state index in [2.05, 4.69) is 15.5 Å². The number of nitrogens with one attached hydrogen (secondary N) is 2. The molecule has 0 spiro atoms. The second kappa shape index (κ2) is 8.40. The van der Waals surface area contributed by atoms with Crippen LogP contribution in [0.25, 0.3) is 0 Å². The molecule has 1 atom stereocenters. The molecular formula is C19H29N3O4. The Kier molecular flexibility index (Phi) is 6.47. The van der Waals surface area contributed by atoms with E-state index in [1.165, 1.54) is 0 Å². The molecule has 0 saturated carbocycles. The normalized spacial score (nSPS) is 17.7. The minimum atomic E-state index is -0.472. The van der Waals surface area contributed by atoms with Crippen LogP contribution in [0.5, 0.6) is 11.5 Å². The third kappa shape index (κ3) is 5.36. The molecule has 26 heavy (non-hydrogen) atoms. The Hall–Kier alpha value is -2.28. The Morgan fingerprint density at radius 1 is 1.23 bits per heavy atom. The first kappa shape index (κ1) is 20.0. The summed E-state index contributed by atoms with van der Waals surface area (Å²) in [5.41, 5.74) is 0.634. The van der Waals surface area contributed by atoms with E-state index in [-0.39, 0.29) is 18.5 Å². The van der Waals surface area contributed by atoms with Gasteiger partial charge in [-0.3, -0.25) is 15.0 Å². The molecule has 1 fully saturated rings. The van der Waals surface area contributed by atoms with Crippen LogP contribution in [0.3, 0.4) is 0 Å². The number of carbonyl (C=O) groups is 2. The number of hydrogen-bond donors (Lipinski definition) is 2. The van der Waals surface area contributed by atoms with Gasteiger partial charge in [0.15, 0.2) is 0 Å². The van der Waals surface area contributed by atoms with E-state index in [1.807, 2.05) is 39.0 Å². The molecule has 2 rings (SSSR count). The Balaban J connectivity index is 2.04. The highest BCUT2D eigenvalue weighted by Crippen LogP contribution is 2.38. The third-order valence-electron chi connectivity index (χ3n) is 4.25. The van der Waals surface area contributed by atoms with Crippen LogP contribution in [0.4, 0.5) is 4.79 Å². The molecule has 7 heteroatoms. The Morgan fingerprint density at radius 3 is 2.58 bits per heavy atom. The van der Waals surface area contributed by atoms with Crippen LogP contribution in [-0.4, -0.2) is 49.7 Å². The van der Waals surface area contributed by atoms with Gasteiger partial charge >= 0.3 is 6.03 Å². The number of benzene rings is 1. The number of ether oxygens (including phenoxy) is 2. The van der Waals surface area contributed by atoms with Crippen LogP contribution < -0.4 is 20.1 Å². The molecule has 1 aromatic rings. The maximum atomic E-state index is 12.3. The van der Waals surface area contributed by atoms with Crippen LogP contribution in [-0.2, 0) is 4.79 Å². The highest BCUT2D eigenvalue weighted by atomic mass is 16.5. The van der Waals surface area contributed by atoms with Crippen molar-refractivity contribution in [1.82, 2.24) is 15.5 Å². The number of amides is 3. The SMILES string of the molecule is COc1ccc(C2CCCN2CC(=O)NC(=O)NC(C)(C)C)c(OC)c1. The minimum absolute atomic E-state index is 0.0762. The molecule has 1 unspecified atom stereocenters. The largest absolute Gasteiger partial charge is 0.497 e. The van der Waals surface area contributed by atoms with Crippen molar-refractivity contribution in [1.29, 1.82) is 0 Å². The zero-order chi connectivity index (χ0) is 19.3. The number of nitrogens with zero attached hydrogens (tertiary/aromatic N) is 1. The minimum Gasteiger partial charge on any atom is -0.497 e. The average Bonchev–Trinajstić information content (AvgIpc) is 2.99. The van der Waals surface area contributed by atoms with E-state index >= 15 is 0 Å². The van der Waals surface area contributed by atoms with Gasteiger partial charge < -0.3 is 14.8 Å². The quantitative estimate of drug-likeness (QED) is 0.840. The highest BCUT2D eigenvalue weighted by Gasteiger charge is 2.30. The van der Waals surface area contributed by atoms with Crippen molar-refractivity contribution in [2.75, 3.05) is 27.3 Å². The van der Waals surface area contributed by atoms with Gasteiger partial charge in [-0.1, -0.05) is 6.07 Å². The lowest BCUT2D eigenvalue weighted by atomic mass is 10.0. The zero-order valence-corrected chi connectivity index (χ0v) is 16.2. The predicted molar refractivity (Wildman–Crippen MR) is 99.5 cm³/mol. The molecule has 144 valence electrons. The Morgan fingerprint density at radius 2 is 1.96 bits per heavy atom. The van der Waals surface area contributed by atoms with Crippen molar-refractivity contribution < 1.29 is 19.1 Å². The van der Waals surface area contributed by atoms with Crippen LogP contribution in [0.2, 0.25) is 0 Å². The second-order valence-electron chi connectivity index (χ2n) is 7.49. The molecule has 1 heterocycles. The van der Waals surface area contributed by atoms with Crippen molar-refractivity contribution in [3.05, 3.63) is 23.8 Å². The van der Waals surface area contributed by atoms with Crippen LogP contribution >= 0.6 is 0 Å². The van der Waals surface area contributed by atoms with Gasteiger partial charge in [0.1, 0.15) is 11.5 Å². The van der Waals surface area contributed by atoms with Crippen LogP contribution in [0, 0.1) is 0 Å². The molecule has 0 radical (unpaired) electrons. The molecule has 3 amide bonds. The maximum absolute atomic E-state index is 12.3. The van der Waals surface area contributed by atoms with Gasteiger partial charge in [0.2, 0.25) is 5.91 Å². The molecule has 1 aliphatic rings. The topological polar surface area (TPSA) is 79.9 Å². The fraction of sp³-hybridized carbons (Fsp3) is 0.579. The van der Waals surface area contributed by atoms with Crippen LogP contribution in [0.15, 0.2) is 18.2 Å². The van der Waals surface area contributed by atoms with Gasteiger partial charge in [0.05, 0.1) is 20.8 Å². The predicted octanol–water partition coefficient (Wildman–Crippen LogP) is 2.47. The van der Waals surface area contributed by atoms with Gasteiger partial charge in [0, 0.05) is 23.2 Å². The number of hydrogen-bond acceptors (Lipinski definition) is 5. The number of urea groups is 1. The summed E-state index contributed by atoms with van der Waals surface area (Å²) in [6, 6.07) is 5.33. The molecule has 1 saturated heterocycles. The lowest BCUT2D eigenvalue weighted by Gasteiger charge is -2.26. The summed E-state index contributed by atoms with van der Waals surface area (Å²) in [6.45, 7) is 6.56. The summed E-state index contributed by atoms with van der Waals surface area (Å²) in [5.74, 6) is 1.16. The van der Waals surface area contributed by atoms with Crippen molar-refractivity contribution >= 4 is 11.9 Å². The zero-order valence-electron chi connectivity index (χ0n) is 16.2. The second-order valence-corrected chi connectivity index (χ2v) is 7.49. The molecule has 1 aliphatic heterocycles.